The molecule has 2 aromatic rings. The third-order valence-corrected chi connectivity index (χ3v) is 5.80. The van der Waals surface area contributed by atoms with Gasteiger partial charge in [0.25, 0.3) is 0 Å². The Hall–Kier alpha value is -2.47. The number of hydrogen-bond donors (Lipinski definition) is 1. The van der Waals surface area contributed by atoms with Crippen molar-refractivity contribution >= 4 is 11.7 Å². The lowest BCUT2D eigenvalue weighted by atomic mass is 9.70. The number of pyridine rings is 1. The summed E-state index contributed by atoms with van der Waals surface area (Å²) in [6, 6.07) is 7.61. The molecule has 1 unspecified atom stereocenters. The summed E-state index contributed by atoms with van der Waals surface area (Å²) in [5, 5.41) is 3.02. The minimum Gasteiger partial charge on any atom is -0.384 e. The molecular weight excluding hydrogens is 345 g/mol. The fourth-order valence-electron chi connectivity index (χ4n) is 4.53. The summed E-state index contributed by atoms with van der Waals surface area (Å²) in [6.07, 6.45) is 6.05. The molecule has 3 atom stereocenters. The fourth-order valence-corrected chi connectivity index (χ4v) is 4.53. The van der Waals surface area contributed by atoms with Crippen LogP contribution in [0.15, 0.2) is 36.7 Å². The molecule has 2 heterocycles. The van der Waals surface area contributed by atoms with Crippen LogP contribution in [-0.4, -0.2) is 41.7 Å². The minimum absolute atomic E-state index is 0.0655. The molecule has 1 N–H and O–H groups in total. The Labute approximate surface area is 158 Å². The lowest BCUT2D eigenvalue weighted by Gasteiger charge is -2.58. The SMILES string of the molecule is COCC1[C@H]2CCC[C@@H]1N2C(=O)Nc1ccc(C)c(-c2cncc(F)c2)c1. The number of benzene rings is 1. The lowest BCUT2D eigenvalue weighted by Crippen LogP contribution is -2.69. The Bertz CT molecular complexity index is 845. The van der Waals surface area contributed by atoms with E-state index in [-0.39, 0.29) is 23.9 Å². The molecule has 1 aromatic carbocycles. The van der Waals surface area contributed by atoms with Gasteiger partial charge in [-0.3, -0.25) is 4.98 Å². The van der Waals surface area contributed by atoms with Gasteiger partial charge in [0.1, 0.15) is 5.82 Å². The van der Waals surface area contributed by atoms with Gasteiger partial charge in [0.2, 0.25) is 0 Å². The summed E-state index contributed by atoms with van der Waals surface area (Å²) in [7, 11) is 1.72. The molecule has 2 amide bonds. The molecule has 0 radical (unpaired) electrons. The first kappa shape index (κ1) is 17.9. The van der Waals surface area contributed by atoms with Gasteiger partial charge < -0.3 is 15.0 Å². The van der Waals surface area contributed by atoms with E-state index >= 15 is 0 Å². The average Bonchev–Trinajstić information content (AvgIpc) is 2.67. The number of aromatic nitrogens is 1. The molecule has 2 aliphatic rings. The van der Waals surface area contributed by atoms with Crippen molar-refractivity contribution in [2.24, 2.45) is 5.92 Å². The van der Waals surface area contributed by atoms with E-state index in [1.54, 1.807) is 13.3 Å². The number of piperidine rings is 1. The maximum absolute atomic E-state index is 13.5. The Kier molecular flexibility index (Phi) is 4.83. The van der Waals surface area contributed by atoms with E-state index < -0.39 is 0 Å². The van der Waals surface area contributed by atoms with E-state index in [9.17, 15) is 9.18 Å². The number of ether oxygens (including phenoxy) is 1. The van der Waals surface area contributed by atoms with E-state index in [1.165, 1.54) is 18.7 Å². The Balaban J connectivity index is 1.52. The number of hydrogen-bond acceptors (Lipinski definition) is 3. The van der Waals surface area contributed by atoms with Crippen molar-refractivity contribution in [1.29, 1.82) is 0 Å². The molecule has 2 bridgehead atoms. The number of halogens is 1. The summed E-state index contributed by atoms with van der Waals surface area (Å²) < 4.78 is 18.9. The number of likely N-dealkylation sites (tertiary alicyclic amines) is 1. The number of fused-ring (bicyclic) bond motifs is 2. The summed E-state index contributed by atoms with van der Waals surface area (Å²) in [6.45, 7) is 2.67. The van der Waals surface area contributed by atoms with Crippen LogP contribution in [0.3, 0.4) is 0 Å². The van der Waals surface area contributed by atoms with Crippen LogP contribution >= 0.6 is 0 Å². The van der Waals surface area contributed by atoms with E-state index in [0.29, 0.717) is 23.8 Å². The normalized spacial score (nSPS) is 23.7. The van der Waals surface area contributed by atoms with Crippen molar-refractivity contribution in [2.45, 2.75) is 38.3 Å². The molecule has 1 aromatic heterocycles. The highest BCUT2D eigenvalue weighted by molar-refractivity contribution is 5.91. The van der Waals surface area contributed by atoms with Gasteiger partial charge in [0.05, 0.1) is 12.8 Å². The largest absolute Gasteiger partial charge is 0.384 e. The van der Waals surface area contributed by atoms with Crippen LogP contribution in [0.4, 0.5) is 14.9 Å². The summed E-state index contributed by atoms with van der Waals surface area (Å²) in [5.41, 5.74) is 3.27. The van der Waals surface area contributed by atoms with Crippen molar-refractivity contribution < 1.29 is 13.9 Å². The monoisotopic (exact) mass is 369 g/mol. The standard InChI is InChI=1S/C21H24FN3O2/c1-13-6-7-16(9-17(13)14-8-15(22)11-23-10-14)24-21(26)25-19-4-3-5-20(25)18(19)12-27-2/h6-11,18-20H,3-5,12H2,1-2H3,(H,24,26)/t18?,19-,20+. The van der Waals surface area contributed by atoms with Gasteiger partial charge >= 0.3 is 6.03 Å². The second-order valence-corrected chi connectivity index (χ2v) is 7.44. The molecule has 5 nitrogen and oxygen atoms in total. The molecule has 1 aliphatic heterocycles. The van der Waals surface area contributed by atoms with Crippen LogP contribution in [0.5, 0.6) is 0 Å². The van der Waals surface area contributed by atoms with Crippen LogP contribution in [0, 0.1) is 18.7 Å². The van der Waals surface area contributed by atoms with E-state index in [1.807, 2.05) is 30.0 Å². The van der Waals surface area contributed by atoms with Crippen molar-refractivity contribution in [1.82, 2.24) is 9.88 Å². The van der Waals surface area contributed by atoms with Crippen LogP contribution < -0.4 is 5.32 Å². The number of rotatable bonds is 4. The Morgan fingerprint density at radius 2 is 2.07 bits per heavy atom. The number of carbonyl (C=O) groups is 1. The van der Waals surface area contributed by atoms with Crippen molar-refractivity contribution in [3.05, 3.63) is 48.0 Å². The first-order valence-electron chi connectivity index (χ1n) is 9.38. The molecule has 4 rings (SSSR count). The highest BCUT2D eigenvalue weighted by Gasteiger charge is 2.52. The number of urea groups is 1. The van der Waals surface area contributed by atoms with Gasteiger partial charge in [-0.15, -0.1) is 0 Å². The highest BCUT2D eigenvalue weighted by atomic mass is 19.1. The van der Waals surface area contributed by atoms with Crippen LogP contribution in [0.2, 0.25) is 0 Å². The van der Waals surface area contributed by atoms with Gasteiger partial charge in [0, 0.05) is 42.6 Å². The molecular formula is C21H24FN3O2. The van der Waals surface area contributed by atoms with E-state index in [0.717, 1.165) is 24.0 Å². The number of amides is 2. The highest BCUT2D eigenvalue weighted by Crippen LogP contribution is 2.43. The van der Waals surface area contributed by atoms with Crippen molar-refractivity contribution in [3.8, 4) is 11.1 Å². The van der Waals surface area contributed by atoms with Gasteiger partial charge in [-0.2, -0.15) is 0 Å². The fraction of sp³-hybridized carbons (Fsp3) is 0.429. The maximum atomic E-state index is 13.5. The topological polar surface area (TPSA) is 54.5 Å². The maximum Gasteiger partial charge on any atom is 0.322 e. The number of aryl methyl sites for hydroxylation is 1. The first-order chi connectivity index (χ1) is 13.1. The number of carbonyl (C=O) groups excluding carboxylic acids is 1. The van der Waals surface area contributed by atoms with Gasteiger partial charge in [0.15, 0.2) is 0 Å². The molecule has 2 fully saturated rings. The molecule has 1 saturated heterocycles. The number of anilines is 1. The lowest BCUT2D eigenvalue weighted by molar-refractivity contribution is -0.0830. The number of nitrogens with zero attached hydrogens (tertiary/aromatic N) is 2. The first-order valence-corrected chi connectivity index (χ1v) is 9.38. The number of methoxy groups -OCH3 is 1. The Morgan fingerprint density at radius 1 is 1.30 bits per heavy atom. The Morgan fingerprint density at radius 3 is 2.78 bits per heavy atom. The van der Waals surface area contributed by atoms with Crippen molar-refractivity contribution in [2.75, 3.05) is 19.0 Å². The predicted molar refractivity (Wildman–Crippen MR) is 102 cm³/mol. The molecule has 1 saturated carbocycles. The second-order valence-electron chi connectivity index (χ2n) is 7.44. The summed E-state index contributed by atoms with van der Waals surface area (Å²) >= 11 is 0. The molecule has 27 heavy (non-hydrogen) atoms. The zero-order valence-electron chi connectivity index (χ0n) is 15.6. The molecule has 0 spiro atoms. The molecule has 1 aliphatic carbocycles. The summed E-state index contributed by atoms with van der Waals surface area (Å²) in [5.74, 6) is 0.0698. The van der Waals surface area contributed by atoms with Crippen LogP contribution in [0.25, 0.3) is 11.1 Å². The van der Waals surface area contributed by atoms with Crippen LogP contribution in [0.1, 0.15) is 24.8 Å². The quantitative estimate of drug-likeness (QED) is 0.878. The van der Waals surface area contributed by atoms with Crippen LogP contribution in [-0.2, 0) is 4.74 Å². The third kappa shape index (κ3) is 3.30. The van der Waals surface area contributed by atoms with Crippen molar-refractivity contribution in [3.63, 3.8) is 0 Å². The van der Waals surface area contributed by atoms with Gasteiger partial charge in [-0.05, 0) is 55.5 Å². The molecule has 142 valence electrons. The zero-order chi connectivity index (χ0) is 19.0. The van der Waals surface area contributed by atoms with E-state index in [2.05, 4.69) is 10.3 Å². The smallest absolute Gasteiger partial charge is 0.322 e. The average molecular weight is 369 g/mol. The zero-order valence-corrected chi connectivity index (χ0v) is 15.6. The third-order valence-electron chi connectivity index (χ3n) is 5.80. The number of nitrogens with one attached hydrogen (secondary N) is 1. The van der Waals surface area contributed by atoms with E-state index in [4.69, 9.17) is 4.74 Å². The second kappa shape index (κ2) is 7.27. The summed E-state index contributed by atoms with van der Waals surface area (Å²) in [4.78, 5) is 18.7. The molecule has 6 heteroatoms. The van der Waals surface area contributed by atoms with Gasteiger partial charge in [-0.1, -0.05) is 6.07 Å². The van der Waals surface area contributed by atoms with Gasteiger partial charge in [-0.25, -0.2) is 9.18 Å². The minimum atomic E-state index is -0.376. The predicted octanol–water partition coefficient (Wildman–Crippen LogP) is 4.23.